The molecule has 0 spiro atoms. The van der Waals surface area contributed by atoms with Crippen LogP contribution in [0.3, 0.4) is 0 Å². The molecule has 0 atom stereocenters. The van der Waals surface area contributed by atoms with Crippen LogP contribution in [0.15, 0.2) is 47.6 Å². The number of amides is 1. The van der Waals surface area contributed by atoms with Crippen LogP contribution in [0.4, 0.5) is 5.69 Å². The first kappa shape index (κ1) is 18.9. The standard InChI is InChI=1S/C18H19N3O5/c1-3-25-16-7-5-4-6-14(16)11-19-20-18(22)12-26-17-9-8-13(2)10-15(17)21(23)24/h4-11H,3,12H2,1-2H3,(H,20,22)/b19-11-. The van der Waals surface area contributed by atoms with E-state index in [9.17, 15) is 14.9 Å². The van der Waals surface area contributed by atoms with Gasteiger partial charge in [0, 0.05) is 11.6 Å². The van der Waals surface area contributed by atoms with E-state index >= 15 is 0 Å². The molecule has 0 fully saturated rings. The predicted molar refractivity (Wildman–Crippen MR) is 96.7 cm³/mol. The highest BCUT2D eigenvalue weighted by Crippen LogP contribution is 2.27. The Hall–Kier alpha value is -3.42. The summed E-state index contributed by atoms with van der Waals surface area (Å²) in [5, 5.41) is 14.9. The summed E-state index contributed by atoms with van der Waals surface area (Å²) in [6.07, 6.45) is 1.46. The largest absolute Gasteiger partial charge is 0.493 e. The Morgan fingerprint density at radius 2 is 2.00 bits per heavy atom. The lowest BCUT2D eigenvalue weighted by atomic mass is 10.2. The fraction of sp³-hybridized carbons (Fsp3) is 0.222. The van der Waals surface area contributed by atoms with Crippen LogP contribution in [0.5, 0.6) is 11.5 Å². The van der Waals surface area contributed by atoms with E-state index in [2.05, 4.69) is 10.5 Å². The predicted octanol–water partition coefficient (Wildman–Crippen LogP) is 2.83. The van der Waals surface area contributed by atoms with Crippen molar-refractivity contribution in [1.29, 1.82) is 0 Å². The minimum absolute atomic E-state index is 0.0291. The van der Waals surface area contributed by atoms with Crippen molar-refractivity contribution < 1.29 is 19.2 Å². The van der Waals surface area contributed by atoms with Crippen molar-refractivity contribution in [3.05, 3.63) is 63.7 Å². The van der Waals surface area contributed by atoms with Crippen LogP contribution in [0.2, 0.25) is 0 Å². The lowest BCUT2D eigenvalue weighted by Gasteiger charge is -2.07. The summed E-state index contributed by atoms with van der Waals surface area (Å²) >= 11 is 0. The Kier molecular flexibility index (Phi) is 6.67. The van der Waals surface area contributed by atoms with Gasteiger partial charge in [0.15, 0.2) is 12.4 Å². The minimum atomic E-state index is -0.553. The molecule has 0 bridgehead atoms. The lowest BCUT2D eigenvalue weighted by Crippen LogP contribution is -2.24. The number of benzene rings is 2. The third-order valence-electron chi connectivity index (χ3n) is 3.28. The number of nitrogens with one attached hydrogen (secondary N) is 1. The summed E-state index contributed by atoms with van der Waals surface area (Å²) in [7, 11) is 0. The molecule has 0 unspecified atom stereocenters. The van der Waals surface area contributed by atoms with Gasteiger partial charge in [0.1, 0.15) is 5.75 Å². The van der Waals surface area contributed by atoms with Crippen LogP contribution >= 0.6 is 0 Å². The van der Waals surface area contributed by atoms with Gasteiger partial charge < -0.3 is 9.47 Å². The number of hydrogen-bond acceptors (Lipinski definition) is 6. The van der Waals surface area contributed by atoms with Gasteiger partial charge in [0.25, 0.3) is 5.91 Å². The molecule has 0 saturated carbocycles. The van der Waals surface area contributed by atoms with Gasteiger partial charge in [-0.2, -0.15) is 5.10 Å². The molecule has 8 nitrogen and oxygen atoms in total. The SMILES string of the molecule is CCOc1ccccc1/C=N\NC(=O)COc1ccc(C)cc1[N+](=O)[O-]. The number of hydrazone groups is 1. The number of nitrogens with zero attached hydrogens (tertiary/aromatic N) is 2. The summed E-state index contributed by atoms with van der Waals surface area (Å²) in [4.78, 5) is 22.3. The Labute approximate surface area is 150 Å². The Bertz CT molecular complexity index is 820. The van der Waals surface area contributed by atoms with Crippen molar-refractivity contribution in [2.45, 2.75) is 13.8 Å². The summed E-state index contributed by atoms with van der Waals surface area (Å²) in [5.74, 6) is 0.144. The number of nitro groups is 1. The normalized spacial score (nSPS) is 10.5. The van der Waals surface area contributed by atoms with Crippen molar-refractivity contribution in [2.75, 3.05) is 13.2 Å². The summed E-state index contributed by atoms with van der Waals surface area (Å²) in [6.45, 7) is 3.73. The number of ether oxygens (including phenoxy) is 2. The topological polar surface area (TPSA) is 103 Å². The summed E-state index contributed by atoms with van der Waals surface area (Å²) in [5.41, 5.74) is 3.56. The number of aryl methyl sites for hydroxylation is 1. The zero-order valence-corrected chi connectivity index (χ0v) is 14.5. The molecule has 0 aromatic heterocycles. The third kappa shape index (κ3) is 5.30. The van der Waals surface area contributed by atoms with E-state index in [1.54, 1.807) is 25.1 Å². The molecular weight excluding hydrogens is 338 g/mol. The average Bonchev–Trinajstić information content (AvgIpc) is 2.62. The van der Waals surface area contributed by atoms with Crippen LogP contribution in [-0.2, 0) is 4.79 Å². The van der Waals surface area contributed by atoms with Gasteiger partial charge in [-0.3, -0.25) is 14.9 Å². The molecule has 0 heterocycles. The number of nitro benzene ring substituents is 1. The van der Waals surface area contributed by atoms with Gasteiger partial charge in [-0.15, -0.1) is 0 Å². The highest BCUT2D eigenvalue weighted by atomic mass is 16.6. The molecule has 0 aliphatic heterocycles. The fourth-order valence-corrected chi connectivity index (χ4v) is 2.12. The molecule has 1 amide bonds. The van der Waals surface area contributed by atoms with Crippen LogP contribution in [0, 0.1) is 17.0 Å². The van der Waals surface area contributed by atoms with Gasteiger partial charge in [0.2, 0.25) is 0 Å². The minimum Gasteiger partial charge on any atom is -0.493 e. The van der Waals surface area contributed by atoms with Crippen LogP contribution < -0.4 is 14.9 Å². The molecular formula is C18H19N3O5. The Morgan fingerprint density at radius 1 is 1.23 bits per heavy atom. The van der Waals surface area contributed by atoms with E-state index in [1.807, 2.05) is 19.1 Å². The maximum atomic E-state index is 11.8. The van der Waals surface area contributed by atoms with Crippen molar-refractivity contribution in [2.24, 2.45) is 5.10 Å². The van der Waals surface area contributed by atoms with Crippen molar-refractivity contribution in [3.63, 3.8) is 0 Å². The molecule has 0 aliphatic rings. The quantitative estimate of drug-likeness (QED) is 0.444. The maximum absolute atomic E-state index is 11.8. The van der Waals surface area contributed by atoms with Crippen molar-refractivity contribution >= 4 is 17.8 Å². The number of hydrogen-bond donors (Lipinski definition) is 1. The summed E-state index contributed by atoms with van der Waals surface area (Å²) in [6, 6.07) is 11.8. The van der Waals surface area contributed by atoms with Crippen LogP contribution in [-0.4, -0.2) is 30.3 Å². The van der Waals surface area contributed by atoms with E-state index < -0.39 is 17.4 Å². The van der Waals surface area contributed by atoms with Crippen molar-refractivity contribution in [1.82, 2.24) is 5.43 Å². The molecule has 2 rings (SSSR count). The molecule has 2 aromatic rings. The zero-order chi connectivity index (χ0) is 18.9. The second kappa shape index (κ2) is 9.16. The summed E-state index contributed by atoms with van der Waals surface area (Å²) < 4.78 is 10.7. The van der Waals surface area contributed by atoms with E-state index in [4.69, 9.17) is 9.47 Å². The molecule has 1 N–H and O–H groups in total. The van der Waals surface area contributed by atoms with E-state index in [0.717, 1.165) is 5.56 Å². The third-order valence-corrected chi connectivity index (χ3v) is 3.28. The van der Waals surface area contributed by atoms with Crippen molar-refractivity contribution in [3.8, 4) is 11.5 Å². The average molecular weight is 357 g/mol. The van der Waals surface area contributed by atoms with E-state index in [0.29, 0.717) is 17.9 Å². The lowest BCUT2D eigenvalue weighted by molar-refractivity contribution is -0.385. The van der Waals surface area contributed by atoms with Crippen LogP contribution in [0.25, 0.3) is 0 Å². The molecule has 0 radical (unpaired) electrons. The number of carbonyl (C=O) groups is 1. The van der Waals surface area contributed by atoms with Gasteiger partial charge in [-0.25, -0.2) is 5.43 Å². The van der Waals surface area contributed by atoms with Gasteiger partial charge in [-0.1, -0.05) is 18.2 Å². The number of rotatable bonds is 8. The Balaban J connectivity index is 1.93. The van der Waals surface area contributed by atoms with Gasteiger partial charge in [-0.05, 0) is 37.6 Å². The number of carbonyl (C=O) groups excluding carboxylic acids is 1. The molecule has 26 heavy (non-hydrogen) atoms. The molecule has 0 aliphatic carbocycles. The highest BCUT2D eigenvalue weighted by Gasteiger charge is 2.16. The van der Waals surface area contributed by atoms with E-state index in [1.165, 1.54) is 18.3 Å². The zero-order valence-electron chi connectivity index (χ0n) is 14.5. The monoisotopic (exact) mass is 357 g/mol. The Morgan fingerprint density at radius 3 is 2.73 bits per heavy atom. The second-order valence-electron chi connectivity index (χ2n) is 5.28. The number of para-hydroxylation sites is 1. The second-order valence-corrected chi connectivity index (χ2v) is 5.28. The van der Waals surface area contributed by atoms with Gasteiger partial charge in [0.05, 0.1) is 17.7 Å². The molecule has 0 saturated heterocycles. The molecule has 2 aromatic carbocycles. The van der Waals surface area contributed by atoms with E-state index in [-0.39, 0.29) is 11.4 Å². The van der Waals surface area contributed by atoms with Crippen LogP contribution in [0.1, 0.15) is 18.1 Å². The maximum Gasteiger partial charge on any atom is 0.311 e. The van der Waals surface area contributed by atoms with Gasteiger partial charge >= 0.3 is 5.69 Å². The molecule has 136 valence electrons. The molecule has 8 heteroatoms. The first-order valence-corrected chi connectivity index (χ1v) is 7.93. The highest BCUT2D eigenvalue weighted by molar-refractivity contribution is 5.85. The fourth-order valence-electron chi connectivity index (χ4n) is 2.12. The first-order valence-electron chi connectivity index (χ1n) is 7.93. The smallest absolute Gasteiger partial charge is 0.311 e. The first-order chi connectivity index (χ1) is 12.5.